The van der Waals surface area contributed by atoms with E-state index in [2.05, 4.69) is 53.2 Å². The predicted octanol–water partition coefficient (Wildman–Crippen LogP) is 3.08. The van der Waals surface area contributed by atoms with Gasteiger partial charge in [-0.25, -0.2) is 0 Å². The molecule has 106 valence electrons. The van der Waals surface area contributed by atoms with E-state index < -0.39 is 0 Å². The average Bonchev–Trinajstić information content (AvgIpc) is 2.93. The van der Waals surface area contributed by atoms with Crippen molar-refractivity contribution in [2.24, 2.45) is 5.92 Å². The van der Waals surface area contributed by atoms with Gasteiger partial charge in [-0.2, -0.15) is 0 Å². The third-order valence-electron chi connectivity index (χ3n) is 3.69. The van der Waals surface area contributed by atoms with E-state index in [0.717, 1.165) is 24.0 Å². The minimum Gasteiger partial charge on any atom is -0.334 e. The minimum absolute atomic E-state index is 0.0914. The van der Waals surface area contributed by atoms with Crippen LogP contribution in [0.3, 0.4) is 0 Å². The summed E-state index contributed by atoms with van der Waals surface area (Å²) < 4.78 is 3.98. The first kappa shape index (κ1) is 14.9. The van der Waals surface area contributed by atoms with Crippen LogP contribution >= 0.6 is 27.5 Å². The van der Waals surface area contributed by atoms with Crippen molar-refractivity contribution in [2.45, 2.75) is 45.6 Å². The molecule has 2 rings (SSSR count). The van der Waals surface area contributed by atoms with E-state index in [-0.39, 0.29) is 17.4 Å². The Morgan fingerprint density at radius 1 is 1.53 bits per heavy atom. The third kappa shape index (κ3) is 2.84. The Labute approximate surface area is 126 Å². The second kappa shape index (κ2) is 5.48. The number of halogens is 1. The molecule has 2 unspecified atom stereocenters. The average molecular weight is 346 g/mol. The van der Waals surface area contributed by atoms with Crippen LogP contribution in [0.4, 0.5) is 0 Å². The number of amides is 1. The van der Waals surface area contributed by atoms with Gasteiger partial charge in [-0.3, -0.25) is 4.79 Å². The molecule has 1 aromatic rings. The van der Waals surface area contributed by atoms with Crippen molar-refractivity contribution in [1.82, 2.24) is 14.5 Å². The van der Waals surface area contributed by atoms with Crippen molar-refractivity contribution in [3.8, 4) is 0 Å². The van der Waals surface area contributed by atoms with E-state index in [4.69, 9.17) is 0 Å². The fourth-order valence-electron chi connectivity index (χ4n) is 2.45. The number of rotatable bonds is 2. The largest absolute Gasteiger partial charge is 0.334 e. The van der Waals surface area contributed by atoms with Crippen molar-refractivity contribution in [3.05, 3.63) is 10.6 Å². The van der Waals surface area contributed by atoms with Crippen molar-refractivity contribution in [1.29, 1.82) is 0 Å². The van der Waals surface area contributed by atoms with Gasteiger partial charge in [0.15, 0.2) is 0 Å². The summed E-state index contributed by atoms with van der Waals surface area (Å²) in [6.45, 7) is 9.23. The van der Waals surface area contributed by atoms with Gasteiger partial charge in [0, 0.05) is 23.3 Å². The van der Waals surface area contributed by atoms with E-state index in [1.807, 2.05) is 4.90 Å². The predicted molar refractivity (Wildman–Crippen MR) is 81.0 cm³/mol. The van der Waals surface area contributed by atoms with Gasteiger partial charge >= 0.3 is 0 Å². The molecule has 1 amide bonds. The molecule has 0 radical (unpaired) electrons. The van der Waals surface area contributed by atoms with Gasteiger partial charge < -0.3 is 4.90 Å². The quantitative estimate of drug-likeness (QED) is 0.773. The molecule has 1 fully saturated rings. The number of aromatic nitrogens is 2. The van der Waals surface area contributed by atoms with Gasteiger partial charge in [0.1, 0.15) is 4.88 Å². The fraction of sp³-hybridized carbons (Fsp3) is 0.769. The standard InChI is InChI=1S/C13H20BrN3OS/c1-8-5-6-17(9(8)7-14)12(18)10-11(13(2,3)4)15-16-19-10/h8-9H,5-7H2,1-4H3. The molecule has 0 saturated carbocycles. The molecule has 0 aliphatic carbocycles. The van der Waals surface area contributed by atoms with Gasteiger partial charge in [0.2, 0.25) is 0 Å². The monoisotopic (exact) mass is 345 g/mol. The summed E-state index contributed by atoms with van der Waals surface area (Å²) in [5.74, 6) is 0.635. The van der Waals surface area contributed by atoms with Crippen LogP contribution in [0.2, 0.25) is 0 Å². The molecule has 0 bridgehead atoms. The summed E-state index contributed by atoms with van der Waals surface area (Å²) in [7, 11) is 0. The van der Waals surface area contributed by atoms with E-state index >= 15 is 0 Å². The molecule has 1 aliphatic rings. The highest BCUT2D eigenvalue weighted by molar-refractivity contribution is 9.09. The highest BCUT2D eigenvalue weighted by Gasteiger charge is 2.37. The molecule has 2 atom stereocenters. The number of hydrogen-bond acceptors (Lipinski definition) is 4. The summed E-state index contributed by atoms with van der Waals surface area (Å²) in [5, 5.41) is 4.99. The molecule has 0 spiro atoms. The number of hydrogen-bond donors (Lipinski definition) is 0. The number of nitrogens with zero attached hydrogens (tertiary/aromatic N) is 3. The van der Waals surface area contributed by atoms with Crippen LogP contribution in [-0.2, 0) is 5.41 Å². The smallest absolute Gasteiger partial charge is 0.267 e. The van der Waals surface area contributed by atoms with Crippen molar-refractivity contribution >= 4 is 33.4 Å². The molecule has 6 heteroatoms. The highest BCUT2D eigenvalue weighted by atomic mass is 79.9. The molecule has 1 saturated heterocycles. The zero-order chi connectivity index (χ0) is 14.2. The molecule has 0 N–H and O–H groups in total. The lowest BCUT2D eigenvalue weighted by molar-refractivity contribution is 0.0741. The Hall–Kier alpha value is -0.490. The maximum absolute atomic E-state index is 12.7. The highest BCUT2D eigenvalue weighted by Crippen LogP contribution is 2.31. The summed E-state index contributed by atoms with van der Waals surface area (Å²) in [6.07, 6.45) is 1.07. The molecule has 2 heterocycles. The van der Waals surface area contributed by atoms with Crippen molar-refractivity contribution < 1.29 is 4.79 Å². The second-order valence-electron chi connectivity index (χ2n) is 6.19. The molecule has 0 aromatic carbocycles. The number of alkyl halides is 1. The minimum atomic E-state index is -0.146. The zero-order valence-electron chi connectivity index (χ0n) is 11.8. The number of likely N-dealkylation sites (tertiary alicyclic amines) is 1. The SMILES string of the molecule is CC1CCN(C(=O)c2snnc2C(C)(C)C)C1CBr. The summed E-state index contributed by atoms with van der Waals surface area (Å²) in [5.41, 5.74) is 0.670. The van der Waals surface area contributed by atoms with Crippen LogP contribution in [0.5, 0.6) is 0 Å². The lowest BCUT2D eigenvalue weighted by atomic mass is 9.91. The van der Waals surface area contributed by atoms with E-state index in [0.29, 0.717) is 10.8 Å². The van der Waals surface area contributed by atoms with E-state index in [1.165, 1.54) is 11.5 Å². The van der Waals surface area contributed by atoms with Crippen LogP contribution < -0.4 is 0 Å². The first-order chi connectivity index (χ1) is 8.86. The summed E-state index contributed by atoms with van der Waals surface area (Å²) in [6, 6.07) is 0.280. The Kier molecular flexibility index (Phi) is 4.30. The topological polar surface area (TPSA) is 46.1 Å². The van der Waals surface area contributed by atoms with Gasteiger partial charge in [0.25, 0.3) is 5.91 Å². The van der Waals surface area contributed by atoms with Gasteiger partial charge in [-0.1, -0.05) is 48.1 Å². The molecule has 1 aromatic heterocycles. The Morgan fingerprint density at radius 3 is 2.79 bits per heavy atom. The Balaban J connectivity index is 2.28. The first-order valence-electron chi connectivity index (χ1n) is 6.56. The molecule has 1 aliphatic heterocycles. The normalized spacial score (nSPS) is 23.9. The van der Waals surface area contributed by atoms with Crippen LogP contribution in [0.1, 0.15) is 49.5 Å². The van der Waals surface area contributed by atoms with E-state index in [9.17, 15) is 4.79 Å². The Morgan fingerprint density at radius 2 is 2.21 bits per heavy atom. The van der Waals surface area contributed by atoms with Crippen LogP contribution in [0, 0.1) is 5.92 Å². The lowest BCUT2D eigenvalue weighted by Crippen LogP contribution is -2.39. The first-order valence-corrected chi connectivity index (χ1v) is 8.45. The number of carbonyl (C=O) groups is 1. The molecule has 19 heavy (non-hydrogen) atoms. The van der Waals surface area contributed by atoms with Crippen molar-refractivity contribution in [3.63, 3.8) is 0 Å². The maximum atomic E-state index is 12.7. The Bertz CT molecular complexity index is 469. The van der Waals surface area contributed by atoms with Crippen LogP contribution in [0.15, 0.2) is 0 Å². The summed E-state index contributed by atoms with van der Waals surface area (Å²) in [4.78, 5) is 15.4. The lowest BCUT2D eigenvalue weighted by Gasteiger charge is -2.26. The second-order valence-corrected chi connectivity index (χ2v) is 7.59. The maximum Gasteiger partial charge on any atom is 0.267 e. The molecule has 4 nitrogen and oxygen atoms in total. The van der Waals surface area contributed by atoms with Crippen LogP contribution in [-0.4, -0.2) is 38.3 Å². The molecular formula is C13H20BrN3OS. The van der Waals surface area contributed by atoms with Crippen molar-refractivity contribution in [2.75, 3.05) is 11.9 Å². The molecular weight excluding hydrogens is 326 g/mol. The van der Waals surface area contributed by atoms with Gasteiger partial charge in [0.05, 0.1) is 5.69 Å². The zero-order valence-corrected chi connectivity index (χ0v) is 14.2. The summed E-state index contributed by atoms with van der Waals surface area (Å²) >= 11 is 4.74. The number of carbonyl (C=O) groups excluding carboxylic acids is 1. The fourth-order valence-corrected chi connectivity index (χ4v) is 4.27. The van der Waals surface area contributed by atoms with Crippen LogP contribution in [0.25, 0.3) is 0 Å². The van der Waals surface area contributed by atoms with Gasteiger partial charge in [-0.15, -0.1) is 5.10 Å². The van der Waals surface area contributed by atoms with Gasteiger partial charge in [-0.05, 0) is 23.9 Å². The third-order valence-corrected chi connectivity index (χ3v) is 5.07. The van der Waals surface area contributed by atoms with E-state index in [1.54, 1.807) is 0 Å².